The first kappa shape index (κ1) is 15.7. The number of carbonyl (C=O) groups excluding carboxylic acids is 1. The highest BCUT2D eigenvalue weighted by Crippen LogP contribution is 2.26. The van der Waals surface area contributed by atoms with Gasteiger partial charge >= 0.3 is 0 Å². The summed E-state index contributed by atoms with van der Waals surface area (Å²) in [6.45, 7) is 1.71. The van der Waals surface area contributed by atoms with Crippen LogP contribution in [-0.2, 0) is 14.8 Å². The molecule has 0 saturated carbocycles. The van der Waals surface area contributed by atoms with E-state index >= 15 is 0 Å². The average molecular weight is 306 g/mol. The molecule has 106 valence electrons. The smallest absolute Gasteiger partial charge is 0.229 e. The fourth-order valence-corrected chi connectivity index (χ4v) is 2.11. The van der Waals surface area contributed by atoms with Crippen molar-refractivity contribution in [2.45, 2.75) is 19.4 Å². The summed E-state index contributed by atoms with van der Waals surface area (Å²) in [6, 6.07) is 4.18. The second-order valence-electron chi connectivity index (χ2n) is 4.30. The van der Waals surface area contributed by atoms with E-state index in [0.29, 0.717) is 16.4 Å². The number of benzene rings is 1. The van der Waals surface area contributed by atoms with Gasteiger partial charge in [-0.15, -0.1) is 0 Å². The zero-order valence-corrected chi connectivity index (χ0v) is 12.2. The minimum atomic E-state index is -3.38. The van der Waals surface area contributed by atoms with Gasteiger partial charge in [0.2, 0.25) is 15.9 Å². The molecule has 0 heterocycles. The summed E-state index contributed by atoms with van der Waals surface area (Å²) in [7, 11) is -3.38. The van der Waals surface area contributed by atoms with Crippen molar-refractivity contribution in [3.8, 4) is 0 Å². The fourth-order valence-electron chi connectivity index (χ4n) is 1.39. The van der Waals surface area contributed by atoms with Crippen LogP contribution in [0, 0.1) is 0 Å². The van der Waals surface area contributed by atoms with Crippen molar-refractivity contribution in [1.82, 2.24) is 0 Å². The van der Waals surface area contributed by atoms with E-state index in [9.17, 15) is 13.2 Å². The average Bonchev–Trinajstić information content (AvgIpc) is 2.19. The monoisotopic (exact) mass is 305 g/mol. The number of hydrogen-bond donors (Lipinski definition) is 3. The molecule has 0 aliphatic rings. The Hall–Kier alpha value is -1.31. The number of nitrogens with two attached hydrogens (primary N) is 1. The molecular formula is C11H16ClN3O3S. The first-order valence-electron chi connectivity index (χ1n) is 5.50. The standard InChI is InChI=1S/C11H16ClN3O3S/c1-7(13)5-11(16)14-10-6-8(3-4-9(10)12)15-19(2,17)18/h3-4,6-7,15H,5,13H2,1-2H3,(H,14,16). The molecule has 0 saturated heterocycles. The third-order valence-electron chi connectivity index (χ3n) is 2.05. The molecule has 0 aliphatic carbocycles. The van der Waals surface area contributed by atoms with Crippen molar-refractivity contribution in [2.75, 3.05) is 16.3 Å². The molecule has 8 heteroatoms. The van der Waals surface area contributed by atoms with Crippen LogP contribution in [0.2, 0.25) is 5.02 Å². The van der Waals surface area contributed by atoms with Crippen molar-refractivity contribution in [1.29, 1.82) is 0 Å². The van der Waals surface area contributed by atoms with Gasteiger partial charge in [0, 0.05) is 12.5 Å². The molecule has 0 spiro atoms. The van der Waals surface area contributed by atoms with Gasteiger partial charge in [-0.05, 0) is 25.1 Å². The van der Waals surface area contributed by atoms with Gasteiger partial charge in [0.1, 0.15) is 0 Å². The Bertz CT molecular complexity index is 573. The number of amides is 1. The predicted molar refractivity (Wildman–Crippen MR) is 76.8 cm³/mol. The Labute approximate surface area is 117 Å². The molecule has 1 unspecified atom stereocenters. The lowest BCUT2D eigenvalue weighted by atomic mass is 10.2. The van der Waals surface area contributed by atoms with Crippen LogP contribution in [0.15, 0.2) is 18.2 Å². The van der Waals surface area contributed by atoms with E-state index in [1.807, 2.05) is 0 Å². The van der Waals surface area contributed by atoms with Gasteiger partial charge in [-0.2, -0.15) is 0 Å². The lowest BCUT2D eigenvalue weighted by Gasteiger charge is -2.11. The summed E-state index contributed by atoms with van der Waals surface area (Å²) in [6.07, 6.45) is 1.19. The van der Waals surface area contributed by atoms with E-state index in [0.717, 1.165) is 6.26 Å². The quantitative estimate of drug-likeness (QED) is 0.765. The Balaban J connectivity index is 2.89. The van der Waals surface area contributed by atoms with Crippen LogP contribution in [0.4, 0.5) is 11.4 Å². The van der Waals surface area contributed by atoms with Gasteiger partial charge in [0.15, 0.2) is 0 Å². The summed E-state index contributed by atoms with van der Waals surface area (Å²) in [5.41, 5.74) is 6.17. The van der Waals surface area contributed by atoms with E-state index < -0.39 is 10.0 Å². The number of sulfonamides is 1. The van der Waals surface area contributed by atoms with Crippen LogP contribution in [0.1, 0.15) is 13.3 Å². The number of carbonyl (C=O) groups is 1. The second-order valence-corrected chi connectivity index (χ2v) is 6.45. The number of anilines is 2. The topological polar surface area (TPSA) is 101 Å². The van der Waals surface area contributed by atoms with Gasteiger partial charge in [0.25, 0.3) is 0 Å². The van der Waals surface area contributed by atoms with Gasteiger partial charge in [-0.25, -0.2) is 8.42 Å². The first-order chi connectivity index (χ1) is 8.67. The summed E-state index contributed by atoms with van der Waals surface area (Å²) >= 11 is 5.92. The van der Waals surface area contributed by atoms with Crippen LogP contribution >= 0.6 is 11.6 Å². The summed E-state index contributed by atoms with van der Waals surface area (Å²) in [5.74, 6) is -0.284. The predicted octanol–water partition coefficient (Wildman–Crippen LogP) is 1.39. The molecule has 0 aromatic heterocycles. The van der Waals surface area contributed by atoms with Gasteiger partial charge in [-0.1, -0.05) is 11.6 Å². The van der Waals surface area contributed by atoms with Crippen molar-refractivity contribution < 1.29 is 13.2 Å². The Kier molecular flexibility index (Phi) is 5.16. The molecular weight excluding hydrogens is 290 g/mol. The highest BCUT2D eigenvalue weighted by atomic mass is 35.5. The number of hydrogen-bond acceptors (Lipinski definition) is 4. The molecule has 19 heavy (non-hydrogen) atoms. The van der Waals surface area contributed by atoms with Gasteiger partial charge in [-0.3, -0.25) is 9.52 Å². The maximum absolute atomic E-state index is 11.6. The molecule has 0 radical (unpaired) electrons. The lowest BCUT2D eigenvalue weighted by Crippen LogP contribution is -2.24. The second kappa shape index (κ2) is 6.23. The Morgan fingerprint density at radius 2 is 2.11 bits per heavy atom. The largest absolute Gasteiger partial charge is 0.327 e. The van der Waals surface area contributed by atoms with Crippen molar-refractivity contribution >= 4 is 38.9 Å². The fraction of sp³-hybridized carbons (Fsp3) is 0.364. The highest BCUT2D eigenvalue weighted by Gasteiger charge is 2.10. The molecule has 1 aromatic rings. The van der Waals surface area contributed by atoms with E-state index in [1.165, 1.54) is 18.2 Å². The van der Waals surface area contributed by atoms with Crippen LogP contribution in [0.3, 0.4) is 0 Å². The van der Waals surface area contributed by atoms with Gasteiger partial charge in [0.05, 0.1) is 22.7 Å². The van der Waals surface area contributed by atoms with E-state index in [2.05, 4.69) is 10.0 Å². The van der Waals surface area contributed by atoms with E-state index in [1.54, 1.807) is 6.92 Å². The number of nitrogens with one attached hydrogen (secondary N) is 2. The minimum Gasteiger partial charge on any atom is -0.327 e. The normalized spacial score (nSPS) is 12.8. The third kappa shape index (κ3) is 5.91. The molecule has 0 fully saturated rings. The molecule has 1 atom stereocenters. The lowest BCUT2D eigenvalue weighted by molar-refractivity contribution is -0.116. The molecule has 1 amide bonds. The van der Waals surface area contributed by atoms with Gasteiger partial charge < -0.3 is 11.1 Å². The zero-order chi connectivity index (χ0) is 14.6. The van der Waals surface area contributed by atoms with Crippen LogP contribution in [0.5, 0.6) is 0 Å². The van der Waals surface area contributed by atoms with Crippen molar-refractivity contribution in [3.63, 3.8) is 0 Å². The van der Waals surface area contributed by atoms with E-state index in [-0.39, 0.29) is 18.4 Å². The third-order valence-corrected chi connectivity index (χ3v) is 2.99. The summed E-state index contributed by atoms with van der Waals surface area (Å²) < 4.78 is 24.5. The minimum absolute atomic E-state index is 0.153. The van der Waals surface area contributed by atoms with Crippen LogP contribution in [0.25, 0.3) is 0 Å². The van der Waals surface area contributed by atoms with Crippen molar-refractivity contribution in [2.24, 2.45) is 5.73 Å². The molecule has 1 aromatic carbocycles. The van der Waals surface area contributed by atoms with E-state index in [4.69, 9.17) is 17.3 Å². The molecule has 6 nitrogen and oxygen atoms in total. The van der Waals surface area contributed by atoms with Crippen LogP contribution in [-0.4, -0.2) is 26.6 Å². The maximum atomic E-state index is 11.6. The first-order valence-corrected chi connectivity index (χ1v) is 7.77. The molecule has 4 N–H and O–H groups in total. The zero-order valence-electron chi connectivity index (χ0n) is 10.6. The molecule has 0 bridgehead atoms. The Morgan fingerprint density at radius 3 is 2.63 bits per heavy atom. The molecule has 0 aliphatic heterocycles. The van der Waals surface area contributed by atoms with Crippen LogP contribution < -0.4 is 15.8 Å². The highest BCUT2D eigenvalue weighted by molar-refractivity contribution is 7.92. The Morgan fingerprint density at radius 1 is 1.47 bits per heavy atom. The van der Waals surface area contributed by atoms with Crippen molar-refractivity contribution in [3.05, 3.63) is 23.2 Å². The maximum Gasteiger partial charge on any atom is 0.229 e. The number of halogens is 1. The SMILES string of the molecule is CC(N)CC(=O)Nc1cc(NS(C)(=O)=O)ccc1Cl. The molecule has 1 rings (SSSR count). The summed E-state index contributed by atoms with van der Waals surface area (Å²) in [4.78, 5) is 11.6. The summed E-state index contributed by atoms with van der Waals surface area (Å²) in [5, 5.41) is 2.90. The number of rotatable bonds is 5.